The lowest BCUT2D eigenvalue weighted by Gasteiger charge is -2.33. The zero-order chi connectivity index (χ0) is 19.4. The van der Waals surface area contributed by atoms with Crippen molar-refractivity contribution in [3.8, 4) is 5.88 Å². The van der Waals surface area contributed by atoms with E-state index in [2.05, 4.69) is 22.2 Å². The maximum atomic E-state index is 13.6. The third kappa shape index (κ3) is 4.81. The maximum Gasteiger partial charge on any atom is 0.323 e. The number of aryl methyl sites for hydroxylation is 1. The van der Waals surface area contributed by atoms with Crippen LogP contribution in [0.15, 0.2) is 36.2 Å². The fourth-order valence-corrected chi connectivity index (χ4v) is 3.19. The van der Waals surface area contributed by atoms with Crippen molar-refractivity contribution in [2.24, 2.45) is 5.92 Å². The number of nitrogens with zero attached hydrogens (tertiary/aromatic N) is 3. The summed E-state index contributed by atoms with van der Waals surface area (Å²) in [6.07, 6.45) is 5.70. The summed E-state index contributed by atoms with van der Waals surface area (Å²) in [5.74, 6) is 0.730. The molecule has 1 fully saturated rings. The molecule has 1 atom stereocenters. The van der Waals surface area contributed by atoms with Gasteiger partial charge in [-0.2, -0.15) is 0 Å². The van der Waals surface area contributed by atoms with Gasteiger partial charge in [0.05, 0.1) is 19.5 Å². The molecule has 1 unspecified atom stereocenters. The number of piperidine rings is 1. The molecule has 0 bridgehead atoms. The number of carbonyl (C=O) groups excluding carboxylic acids is 1. The molecule has 2 heterocycles. The number of carbonyl (C=O) groups is 1. The Morgan fingerprint density at radius 3 is 2.78 bits per heavy atom. The van der Waals surface area contributed by atoms with Gasteiger partial charge in [0.1, 0.15) is 5.82 Å². The van der Waals surface area contributed by atoms with Crippen LogP contribution in [-0.2, 0) is 0 Å². The fraction of sp³-hybridized carbons (Fsp3) is 0.350. The Bertz CT molecular complexity index is 831. The highest BCUT2D eigenvalue weighted by molar-refractivity contribution is 5.88. The Morgan fingerprint density at radius 2 is 2.15 bits per heavy atom. The molecule has 7 heteroatoms. The van der Waals surface area contributed by atoms with E-state index in [1.165, 1.54) is 37.2 Å². The van der Waals surface area contributed by atoms with Crippen molar-refractivity contribution in [3.05, 3.63) is 53.1 Å². The Kier molecular flexibility index (Phi) is 5.69. The van der Waals surface area contributed by atoms with Gasteiger partial charge in [-0.3, -0.25) is 5.32 Å². The van der Waals surface area contributed by atoms with Crippen LogP contribution >= 0.6 is 0 Å². The summed E-state index contributed by atoms with van der Waals surface area (Å²) in [5, 5.41) is 2.75. The second-order valence-corrected chi connectivity index (χ2v) is 6.75. The van der Waals surface area contributed by atoms with E-state index < -0.39 is 0 Å². The van der Waals surface area contributed by atoms with E-state index in [9.17, 15) is 9.18 Å². The number of anilines is 1. The third-order valence-electron chi connectivity index (χ3n) is 4.57. The van der Waals surface area contributed by atoms with Crippen molar-refractivity contribution in [1.82, 2.24) is 14.9 Å². The molecule has 1 aromatic heterocycles. The van der Waals surface area contributed by atoms with Crippen LogP contribution in [0.3, 0.4) is 0 Å². The quantitative estimate of drug-likeness (QED) is 0.890. The summed E-state index contributed by atoms with van der Waals surface area (Å²) >= 11 is 0. The van der Waals surface area contributed by atoms with Crippen LogP contribution in [0, 0.1) is 18.7 Å². The number of nitrogens with one attached hydrogen (secondary N) is 1. The van der Waals surface area contributed by atoms with Crippen LogP contribution < -0.4 is 10.1 Å². The van der Waals surface area contributed by atoms with Crippen molar-refractivity contribution >= 4 is 17.9 Å². The summed E-state index contributed by atoms with van der Waals surface area (Å²) < 4.78 is 18.5. The molecular weight excluding hydrogens is 347 g/mol. The van der Waals surface area contributed by atoms with E-state index in [-0.39, 0.29) is 17.8 Å². The Balaban J connectivity index is 1.63. The number of hydrogen-bond acceptors (Lipinski definition) is 4. The predicted octanol–water partition coefficient (Wildman–Crippen LogP) is 3.89. The lowest BCUT2D eigenvalue weighted by molar-refractivity contribution is 0.197. The lowest BCUT2D eigenvalue weighted by atomic mass is 9.91. The number of aromatic nitrogens is 2. The largest absolute Gasteiger partial charge is 0.480 e. The van der Waals surface area contributed by atoms with Gasteiger partial charge in [0.2, 0.25) is 5.88 Å². The predicted molar refractivity (Wildman–Crippen MR) is 102 cm³/mol. The summed E-state index contributed by atoms with van der Waals surface area (Å²) in [5.41, 5.74) is 2.97. The normalized spacial score (nSPS) is 18.4. The second kappa shape index (κ2) is 8.16. The molecule has 1 N–H and O–H groups in total. The topological polar surface area (TPSA) is 67.3 Å². The van der Waals surface area contributed by atoms with E-state index in [4.69, 9.17) is 4.74 Å². The van der Waals surface area contributed by atoms with Crippen molar-refractivity contribution in [2.75, 3.05) is 25.5 Å². The second-order valence-electron chi connectivity index (χ2n) is 6.75. The number of likely N-dealkylation sites (tertiary alicyclic amines) is 1. The van der Waals surface area contributed by atoms with E-state index >= 15 is 0 Å². The molecule has 1 aliphatic rings. The van der Waals surface area contributed by atoms with Crippen LogP contribution in [-0.4, -0.2) is 41.1 Å². The van der Waals surface area contributed by atoms with Gasteiger partial charge in [-0.05, 0) is 42.5 Å². The first-order valence-electron chi connectivity index (χ1n) is 8.84. The average molecular weight is 370 g/mol. The minimum Gasteiger partial charge on any atom is -0.480 e. The van der Waals surface area contributed by atoms with Crippen LogP contribution in [0.5, 0.6) is 5.88 Å². The number of urea groups is 1. The minimum absolute atomic E-state index is 0.190. The molecule has 6 nitrogen and oxygen atoms in total. The van der Waals surface area contributed by atoms with Gasteiger partial charge in [0.25, 0.3) is 0 Å². The smallest absolute Gasteiger partial charge is 0.323 e. The molecule has 1 aromatic carbocycles. The molecule has 2 amide bonds. The molecule has 0 radical (unpaired) electrons. The van der Waals surface area contributed by atoms with Crippen LogP contribution in [0.25, 0.3) is 6.08 Å². The van der Waals surface area contributed by atoms with Gasteiger partial charge in [0, 0.05) is 13.1 Å². The summed E-state index contributed by atoms with van der Waals surface area (Å²) in [6, 6.07) is 4.81. The van der Waals surface area contributed by atoms with E-state index in [1.54, 1.807) is 4.90 Å². The SMILES string of the molecule is COc1cnc(NC(=O)N2CCC(=Cc3cc(C)cc(F)c3)C(C)C2)cn1. The zero-order valence-electron chi connectivity index (χ0n) is 15.7. The summed E-state index contributed by atoms with van der Waals surface area (Å²) in [7, 11) is 1.51. The third-order valence-corrected chi connectivity index (χ3v) is 4.57. The molecular formula is C20H23FN4O2. The maximum absolute atomic E-state index is 13.6. The van der Waals surface area contributed by atoms with Gasteiger partial charge in [-0.15, -0.1) is 0 Å². The fourth-order valence-electron chi connectivity index (χ4n) is 3.19. The molecule has 1 aliphatic heterocycles. The Labute approximate surface area is 158 Å². The van der Waals surface area contributed by atoms with Crippen LogP contribution in [0.2, 0.25) is 0 Å². The van der Waals surface area contributed by atoms with Gasteiger partial charge in [-0.25, -0.2) is 19.2 Å². The summed E-state index contributed by atoms with van der Waals surface area (Å²) in [4.78, 5) is 22.3. The molecule has 2 aromatic rings. The number of ether oxygens (including phenoxy) is 1. The first-order valence-corrected chi connectivity index (χ1v) is 8.84. The van der Waals surface area contributed by atoms with E-state index in [1.807, 2.05) is 19.1 Å². The number of hydrogen-bond donors (Lipinski definition) is 1. The average Bonchev–Trinajstić information content (AvgIpc) is 2.63. The van der Waals surface area contributed by atoms with E-state index in [0.29, 0.717) is 24.8 Å². The molecule has 142 valence electrons. The number of amides is 2. The summed E-state index contributed by atoms with van der Waals surface area (Å²) in [6.45, 7) is 5.14. The van der Waals surface area contributed by atoms with Crippen molar-refractivity contribution in [2.45, 2.75) is 20.3 Å². The minimum atomic E-state index is -0.230. The first kappa shape index (κ1) is 18.8. The highest BCUT2D eigenvalue weighted by Gasteiger charge is 2.24. The molecule has 0 saturated carbocycles. The van der Waals surface area contributed by atoms with Crippen molar-refractivity contribution in [3.63, 3.8) is 0 Å². The molecule has 3 rings (SSSR count). The van der Waals surface area contributed by atoms with Crippen LogP contribution in [0.1, 0.15) is 24.5 Å². The number of halogens is 1. The van der Waals surface area contributed by atoms with E-state index in [0.717, 1.165) is 17.5 Å². The Morgan fingerprint density at radius 1 is 1.33 bits per heavy atom. The molecule has 0 spiro atoms. The lowest BCUT2D eigenvalue weighted by Crippen LogP contribution is -2.42. The van der Waals surface area contributed by atoms with Gasteiger partial charge in [-0.1, -0.05) is 24.6 Å². The number of rotatable bonds is 3. The zero-order valence-corrected chi connectivity index (χ0v) is 15.7. The Hall–Kier alpha value is -2.96. The number of methoxy groups -OCH3 is 1. The van der Waals surface area contributed by atoms with Crippen LogP contribution in [0.4, 0.5) is 15.0 Å². The monoisotopic (exact) mass is 370 g/mol. The highest BCUT2D eigenvalue weighted by Crippen LogP contribution is 2.26. The highest BCUT2D eigenvalue weighted by atomic mass is 19.1. The van der Waals surface area contributed by atoms with Gasteiger partial charge >= 0.3 is 6.03 Å². The van der Waals surface area contributed by atoms with Gasteiger partial charge < -0.3 is 9.64 Å². The number of benzene rings is 1. The molecule has 27 heavy (non-hydrogen) atoms. The first-order chi connectivity index (χ1) is 12.9. The molecule has 0 aliphatic carbocycles. The van der Waals surface area contributed by atoms with Crippen molar-refractivity contribution < 1.29 is 13.9 Å². The van der Waals surface area contributed by atoms with Crippen molar-refractivity contribution in [1.29, 1.82) is 0 Å². The van der Waals surface area contributed by atoms with Gasteiger partial charge in [0.15, 0.2) is 5.82 Å². The standard InChI is InChI=1S/C20H23FN4O2/c1-13-6-15(9-17(21)7-13)8-16-4-5-25(12-14(16)2)20(26)24-18-10-23-19(27-3)11-22-18/h6-11,14H,4-5,12H2,1-3H3,(H,22,24,26). The molecule has 1 saturated heterocycles.